The number of alkyl halides is 3. The van der Waals surface area contributed by atoms with E-state index in [1.165, 1.54) is 30.5 Å². The normalized spacial score (nSPS) is 11.6. The van der Waals surface area contributed by atoms with Crippen LogP contribution in [0.5, 0.6) is 0 Å². The number of benzene rings is 1. The van der Waals surface area contributed by atoms with E-state index in [0.717, 1.165) is 18.3 Å². The summed E-state index contributed by atoms with van der Waals surface area (Å²) >= 11 is 0. The van der Waals surface area contributed by atoms with Crippen LogP contribution < -0.4 is 0 Å². The highest BCUT2D eigenvalue weighted by atomic mass is 19.4. The zero-order valence-electron chi connectivity index (χ0n) is 10.9. The average Bonchev–Trinajstić information content (AvgIpc) is 2.96. The van der Waals surface area contributed by atoms with Gasteiger partial charge in [0.25, 0.3) is 0 Å². The van der Waals surface area contributed by atoms with E-state index in [4.69, 9.17) is 4.52 Å². The van der Waals surface area contributed by atoms with E-state index >= 15 is 0 Å². The van der Waals surface area contributed by atoms with Crippen LogP contribution in [0.25, 0.3) is 22.6 Å². The minimum absolute atomic E-state index is 0.158. The van der Waals surface area contributed by atoms with Gasteiger partial charge in [0.15, 0.2) is 5.76 Å². The molecule has 2 aromatic heterocycles. The lowest BCUT2D eigenvalue weighted by molar-refractivity contribution is -0.137. The molecule has 0 bridgehead atoms. The van der Waals surface area contributed by atoms with Gasteiger partial charge in [0, 0.05) is 23.4 Å². The maximum Gasteiger partial charge on any atom is 0.416 e. The van der Waals surface area contributed by atoms with Crippen LogP contribution in [0.3, 0.4) is 0 Å². The van der Waals surface area contributed by atoms with E-state index in [9.17, 15) is 17.6 Å². The summed E-state index contributed by atoms with van der Waals surface area (Å²) in [5.74, 6) is -0.383. The molecule has 0 aliphatic rings. The Morgan fingerprint density at radius 3 is 2.50 bits per heavy atom. The molecule has 1 aromatic carbocycles. The molecule has 0 spiro atoms. The first-order valence-electron chi connectivity index (χ1n) is 6.19. The minimum atomic E-state index is -4.44. The van der Waals surface area contributed by atoms with Crippen molar-refractivity contribution in [2.75, 3.05) is 0 Å². The molecule has 0 radical (unpaired) electrons. The van der Waals surface area contributed by atoms with Gasteiger partial charge in [0.1, 0.15) is 11.5 Å². The fourth-order valence-corrected chi connectivity index (χ4v) is 1.95. The highest BCUT2D eigenvalue weighted by Crippen LogP contribution is 2.33. The monoisotopic (exact) mass is 308 g/mol. The Morgan fingerprint density at radius 1 is 0.955 bits per heavy atom. The van der Waals surface area contributed by atoms with Crippen molar-refractivity contribution in [1.29, 1.82) is 0 Å². The second-order valence-corrected chi connectivity index (χ2v) is 4.55. The summed E-state index contributed by atoms with van der Waals surface area (Å²) in [6, 6.07) is 7.34. The van der Waals surface area contributed by atoms with Crippen molar-refractivity contribution in [2.45, 2.75) is 6.18 Å². The summed E-state index contributed by atoms with van der Waals surface area (Å²) in [4.78, 5) is 3.68. The molecule has 2 heterocycles. The summed E-state index contributed by atoms with van der Waals surface area (Å²) < 4.78 is 56.3. The largest absolute Gasteiger partial charge is 0.416 e. The number of nitrogens with zero attached hydrogens (tertiary/aromatic N) is 2. The van der Waals surface area contributed by atoms with Crippen molar-refractivity contribution in [3.8, 4) is 22.6 Å². The Bertz CT molecular complexity index is 811. The lowest BCUT2D eigenvalue weighted by Crippen LogP contribution is -2.04. The Kier molecular flexibility index (Phi) is 3.40. The molecular formula is C15H8F4N2O. The maximum atomic E-state index is 13.1. The van der Waals surface area contributed by atoms with Gasteiger partial charge in [-0.15, -0.1) is 0 Å². The van der Waals surface area contributed by atoms with E-state index in [0.29, 0.717) is 11.3 Å². The summed E-state index contributed by atoms with van der Waals surface area (Å²) in [5, 5.41) is 3.73. The van der Waals surface area contributed by atoms with Crippen molar-refractivity contribution < 1.29 is 22.1 Å². The topological polar surface area (TPSA) is 38.9 Å². The van der Waals surface area contributed by atoms with Gasteiger partial charge in [-0.3, -0.25) is 4.98 Å². The zero-order chi connectivity index (χ0) is 15.7. The molecule has 0 aliphatic heterocycles. The Balaban J connectivity index is 1.98. The third kappa shape index (κ3) is 2.83. The van der Waals surface area contributed by atoms with E-state index < -0.39 is 17.6 Å². The molecule has 3 rings (SSSR count). The molecule has 3 aromatic rings. The lowest BCUT2D eigenvalue weighted by atomic mass is 10.1. The van der Waals surface area contributed by atoms with E-state index in [-0.39, 0.29) is 11.3 Å². The molecular weight excluding hydrogens is 300 g/mol. The van der Waals surface area contributed by atoms with Gasteiger partial charge in [-0.05, 0) is 18.2 Å². The summed E-state index contributed by atoms with van der Waals surface area (Å²) in [6.45, 7) is 0. The number of hydrogen-bond acceptors (Lipinski definition) is 3. The van der Waals surface area contributed by atoms with Gasteiger partial charge in [-0.2, -0.15) is 13.2 Å². The molecule has 0 N–H and O–H groups in total. The Morgan fingerprint density at radius 2 is 1.77 bits per heavy atom. The molecule has 0 saturated carbocycles. The minimum Gasteiger partial charge on any atom is -0.356 e. The number of halogens is 4. The molecule has 0 amide bonds. The smallest absolute Gasteiger partial charge is 0.356 e. The zero-order valence-corrected chi connectivity index (χ0v) is 10.9. The van der Waals surface area contributed by atoms with Crippen LogP contribution in [0.2, 0.25) is 0 Å². The van der Waals surface area contributed by atoms with Gasteiger partial charge < -0.3 is 4.52 Å². The van der Waals surface area contributed by atoms with Gasteiger partial charge in [-0.1, -0.05) is 17.3 Å². The molecule has 0 aliphatic carbocycles. The van der Waals surface area contributed by atoms with Crippen LogP contribution in [-0.4, -0.2) is 10.1 Å². The SMILES string of the molecule is Fc1cncc(-c2cc(-c3cccc(C(F)(F)F)c3)on2)c1. The molecule has 0 atom stereocenters. The molecule has 3 nitrogen and oxygen atoms in total. The summed E-state index contributed by atoms with van der Waals surface area (Å²) in [6.07, 6.45) is -2.01. The van der Waals surface area contributed by atoms with Crippen molar-refractivity contribution in [3.63, 3.8) is 0 Å². The Hall–Kier alpha value is -2.70. The van der Waals surface area contributed by atoms with E-state index in [1.807, 2.05) is 0 Å². The average molecular weight is 308 g/mol. The van der Waals surface area contributed by atoms with Crippen molar-refractivity contribution in [1.82, 2.24) is 10.1 Å². The second kappa shape index (κ2) is 5.25. The van der Waals surface area contributed by atoms with Gasteiger partial charge in [0.05, 0.1) is 11.8 Å². The van der Waals surface area contributed by atoms with Crippen molar-refractivity contribution >= 4 is 0 Å². The van der Waals surface area contributed by atoms with E-state index in [1.54, 1.807) is 0 Å². The molecule has 22 heavy (non-hydrogen) atoms. The summed E-state index contributed by atoms with van der Waals surface area (Å²) in [7, 11) is 0. The Labute approximate surface area is 122 Å². The lowest BCUT2D eigenvalue weighted by Gasteiger charge is -2.06. The third-order valence-corrected chi connectivity index (χ3v) is 2.99. The van der Waals surface area contributed by atoms with Crippen LogP contribution in [0, 0.1) is 5.82 Å². The van der Waals surface area contributed by atoms with Crippen LogP contribution in [-0.2, 0) is 6.18 Å². The maximum absolute atomic E-state index is 13.1. The molecule has 0 fully saturated rings. The third-order valence-electron chi connectivity index (χ3n) is 2.99. The molecule has 7 heteroatoms. The summed E-state index contributed by atoms with van der Waals surface area (Å²) in [5.41, 5.74) is 0.120. The van der Waals surface area contributed by atoms with Gasteiger partial charge in [0.2, 0.25) is 0 Å². The van der Waals surface area contributed by atoms with E-state index in [2.05, 4.69) is 10.1 Å². The predicted octanol–water partition coefficient (Wildman–Crippen LogP) is 4.56. The fraction of sp³-hybridized carbons (Fsp3) is 0.0667. The fourth-order valence-electron chi connectivity index (χ4n) is 1.95. The quantitative estimate of drug-likeness (QED) is 0.651. The van der Waals surface area contributed by atoms with Crippen LogP contribution in [0.4, 0.5) is 17.6 Å². The molecule has 112 valence electrons. The second-order valence-electron chi connectivity index (χ2n) is 4.55. The number of hydrogen-bond donors (Lipinski definition) is 0. The van der Waals surface area contributed by atoms with Crippen LogP contribution >= 0.6 is 0 Å². The van der Waals surface area contributed by atoms with Crippen LogP contribution in [0.1, 0.15) is 5.56 Å². The first-order valence-corrected chi connectivity index (χ1v) is 6.19. The van der Waals surface area contributed by atoms with Crippen LogP contribution in [0.15, 0.2) is 53.3 Å². The number of pyridine rings is 1. The highest BCUT2D eigenvalue weighted by molar-refractivity contribution is 5.66. The first kappa shape index (κ1) is 14.2. The molecule has 0 saturated heterocycles. The first-order chi connectivity index (χ1) is 10.4. The molecule has 0 unspecified atom stereocenters. The highest BCUT2D eigenvalue weighted by Gasteiger charge is 2.30. The van der Waals surface area contributed by atoms with Crippen molar-refractivity contribution in [3.05, 3.63) is 60.2 Å². The van der Waals surface area contributed by atoms with Gasteiger partial charge >= 0.3 is 6.18 Å². The standard InChI is InChI=1S/C15H8F4N2O/c16-12-5-10(7-20-8-12)13-6-14(22-21-13)9-2-1-3-11(4-9)15(17,18)19/h1-8H. The number of aromatic nitrogens is 2. The number of rotatable bonds is 2. The predicted molar refractivity (Wildman–Crippen MR) is 70.1 cm³/mol. The van der Waals surface area contributed by atoms with Crippen molar-refractivity contribution in [2.24, 2.45) is 0 Å². The van der Waals surface area contributed by atoms with Gasteiger partial charge in [-0.25, -0.2) is 4.39 Å².